The van der Waals surface area contributed by atoms with E-state index in [1.165, 1.54) is 18.2 Å². The topological polar surface area (TPSA) is 38.3 Å². The van der Waals surface area contributed by atoms with Crippen LogP contribution in [-0.4, -0.2) is 13.0 Å². The van der Waals surface area contributed by atoms with Crippen LogP contribution in [0.3, 0.4) is 0 Å². The van der Waals surface area contributed by atoms with E-state index in [1.54, 1.807) is 25.3 Å². The largest absolute Gasteiger partial charge is 0.497 e. The van der Waals surface area contributed by atoms with Crippen LogP contribution in [0.4, 0.5) is 4.39 Å². The molecule has 0 radical (unpaired) electrons. The van der Waals surface area contributed by atoms with Crippen molar-refractivity contribution in [3.05, 3.63) is 71.6 Å². The molecule has 0 aromatic heterocycles. The lowest BCUT2D eigenvalue weighted by Gasteiger charge is -2.16. The van der Waals surface area contributed by atoms with Crippen LogP contribution in [0.2, 0.25) is 0 Å². The van der Waals surface area contributed by atoms with Gasteiger partial charge in [-0.25, -0.2) is 4.39 Å². The summed E-state index contributed by atoms with van der Waals surface area (Å²) in [5, 5.41) is 2.95. The number of benzene rings is 2. The molecule has 0 spiro atoms. The highest BCUT2D eigenvalue weighted by Gasteiger charge is 2.11. The predicted octanol–water partition coefficient (Wildman–Crippen LogP) is 4.12. The number of halogens is 1. The Balaban J connectivity index is 2.01. The van der Waals surface area contributed by atoms with Crippen LogP contribution >= 0.6 is 0 Å². The molecule has 1 unspecified atom stereocenters. The Kier molecular flexibility index (Phi) is 5.92. The molecule has 0 saturated heterocycles. The Morgan fingerprint density at radius 2 is 2.00 bits per heavy atom. The van der Waals surface area contributed by atoms with Crippen molar-refractivity contribution in [1.29, 1.82) is 0 Å². The Bertz CT molecular complexity index is 680. The third-order valence-electron chi connectivity index (χ3n) is 3.52. The van der Waals surface area contributed by atoms with E-state index in [1.807, 2.05) is 31.2 Å². The van der Waals surface area contributed by atoms with Gasteiger partial charge in [-0.05, 0) is 47.9 Å². The quantitative estimate of drug-likeness (QED) is 0.815. The number of amides is 1. The first-order chi connectivity index (χ1) is 11.1. The fourth-order valence-corrected chi connectivity index (χ4v) is 2.26. The number of carbonyl (C=O) groups is 1. The summed E-state index contributed by atoms with van der Waals surface area (Å²) in [6, 6.07) is 13.6. The van der Waals surface area contributed by atoms with Gasteiger partial charge in [-0.3, -0.25) is 4.79 Å². The second-order valence-electron chi connectivity index (χ2n) is 5.13. The van der Waals surface area contributed by atoms with Crippen LogP contribution in [0.25, 0.3) is 6.08 Å². The van der Waals surface area contributed by atoms with E-state index < -0.39 is 0 Å². The number of nitrogens with one attached hydrogen (secondary N) is 1. The Hall–Kier alpha value is -2.62. The highest BCUT2D eigenvalue weighted by Crippen LogP contribution is 2.20. The first kappa shape index (κ1) is 16.7. The number of ether oxygens (including phenoxy) is 1. The van der Waals surface area contributed by atoms with Gasteiger partial charge in [-0.15, -0.1) is 0 Å². The molecule has 1 atom stereocenters. The summed E-state index contributed by atoms with van der Waals surface area (Å²) in [4.78, 5) is 12.1. The molecule has 2 rings (SSSR count). The Morgan fingerprint density at radius 1 is 1.26 bits per heavy atom. The molecule has 1 amide bonds. The van der Waals surface area contributed by atoms with Crippen LogP contribution < -0.4 is 10.1 Å². The molecule has 120 valence electrons. The maximum atomic E-state index is 13.1. The van der Waals surface area contributed by atoms with Crippen molar-refractivity contribution in [3.63, 3.8) is 0 Å². The summed E-state index contributed by atoms with van der Waals surface area (Å²) < 4.78 is 18.2. The van der Waals surface area contributed by atoms with Gasteiger partial charge < -0.3 is 10.1 Å². The summed E-state index contributed by atoms with van der Waals surface area (Å²) in [5.74, 6) is 0.245. The van der Waals surface area contributed by atoms with E-state index in [-0.39, 0.29) is 17.8 Å². The van der Waals surface area contributed by atoms with Gasteiger partial charge in [-0.2, -0.15) is 0 Å². The fraction of sp³-hybridized carbons (Fsp3) is 0.211. The number of hydrogen-bond acceptors (Lipinski definition) is 2. The van der Waals surface area contributed by atoms with Gasteiger partial charge in [0.15, 0.2) is 0 Å². The predicted molar refractivity (Wildman–Crippen MR) is 89.6 cm³/mol. The van der Waals surface area contributed by atoms with Gasteiger partial charge in [0, 0.05) is 6.08 Å². The summed E-state index contributed by atoms with van der Waals surface area (Å²) in [6.45, 7) is 2.01. The van der Waals surface area contributed by atoms with E-state index in [0.717, 1.165) is 17.7 Å². The van der Waals surface area contributed by atoms with Crippen molar-refractivity contribution >= 4 is 12.0 Å². The fourth-order valence-electron chi connectivity index (χ4n) is 2.26. The summed E-state index contributed by atoms with van der Waals surface area (Å²) in [7, 11) is 1.62. The number of hydrogen-bond donors (Lipinski definition) is 1. The Morgan fingerprint density at radius 3 is 2.61 bits per heavy atom. The molecule has 0 aliphatic rings. The van der Waals surface area contributed by atoms with Gasteiger partial charge in [0.25, 0.3) is 0 Å². The smallest absolute Gasteiger partial charge is 0.244 e. The van der Waals surface area contributed by atoms with Crippen LogP contribution in [0.1, 0.15) is 30.5 Å². The minimum atomic E-state index is -0.322. The normalized spacial score (nSPS) is 12.1. The molecule has 1 N–H and O–H groups in total. The van der Waals surface area contributed by atoms with E-state index in [9.17, 15) is 9.18 Å². The lowest BCUT2D eigenvalue weighted by molar-refractivity contribution is -0.117. The standard InChI is InChI=1S/C19H20FNO2/c1-3-18(15-8-10-17(23-2)11-9-15)21-19(22)12-7-14-5-4-6-16(20)13-14/h4-13,18H,3H2,1-2H3,(H,21,22)/b12-7+. The zero-order chi connectivity index (χ0) is 16.7. The van der Waals surface area contributed by atoms with Crippen molar-refractivity contribution in [2.24, 2.45) is 0 Å². The minimum Gasteiger partial charge on any atom is -0.497 e. The van der Waals surface area contributed by atoms with E-state index in [4.69, 9.17) is 4.74 Å². The summed E-state index contributed by atoms with van der Waals surface area (Å²) >= 11 is 0. The zero-order valence-electron chi connectivity index (χ0n) is 13.3. The number of rotatable bonds is 6. The molecule has 2 aromatic carbocycles. The highest BCUT2D eigenvalue weighted by atomic mass is 19.1. The molecule has 0 fully saturated rings. The minimum absolute atomic E-state index is 0.0782. The molecular formula is C19H20FNO2. The average molecular weight is 313 g/mol. The number of carbonyl (C=O) groups excluding carboxylic acids is 1. The van der Waals surface area contributed by atoms with Crippen molar-refractivity contribution < 1.29 is 13.9 Å². The van der Waals surface area contributed by atoms with E-state index in [0.29, 0.717) is 5.56 Å². The third kappa shape index (κ3) is 4.95. The molecule has 2 aromatic rings. The monoisotopic (exact) mass is 313 g/mol. The van der Waals surface area contributed by atoms with Crippen LogP contribution in [0.15, 0.2) is 54.6 Å². The van der Waals surface area contributed by atoms with Crippen molar-refractivity contribution in [2.45, 2.75) is 19.4 Å². The summed E-state index contributed by atoms with van der Waals surface area (Å²) in [6.07, 6.45) is 3.78. The molecule has 0 heterocycles. The van der Waals surface area contributed by atoms with Gasteiger partial charge >= 0.3 is 0 Å². The van der Waals surface area contributed by atoms with Crippen molar-refractivity contribution in [3.8, 4) is 5.75 Å². The van der Waals surface area contributed by atoms with Gasteiger partial charge in [-0.1, -0.05) is 31.2 Å². The Labute approximate surface area is 135 Å². The van der Waals surface area contributed by atoms with Crippen LogP contribution in [0, 0.1) is 5.82 Å². The molecule has 0 saturated carbocycles. The van der Waals surface area contributed by atoms with Crippen LogP contribution in [-0.2, 0) is 4.79 Å². The second-order valence-corrected chi connectivity index (χ2v) is 5.13. The molecule has 0 bridgehead atoms. The molecule has 4 heteroatoms. The molecule has 23 heavy (non-hydrogen) atoms. The first-order valence-electron chi connectivity index (χ1n) is 7.50. The van der Waals surface area contributed by atoms with E-state index >= 15 is 0 Å². The molecule has 0 aliphatic carbocycles. The number of methoxy groups -OCH3 is 1. The maximum Gasteiger partial charge on any atom is 0.244 e. The highest BCUT2D eigenvalue weighted by molar-refractivity contribution is 5.92. The van der Waals surface area contributed by atoms with Crippen molar-refractivity contribution in [2.75, 3.05) is 7.11 Å². The van der Waals surface area contributed by atoms with Crippen molar-refractivity contribution in [1.82, 2.24) is 5.32 Å². The average Bonchev–Trinajstić information content (AvgIpc) is 2.58. The SMILES string of the molecule is CCC(NC(=O)/C=C/c1cccc(F)c1)c1ccc(OC)cc1. The first-order valence-corrected chi connectivity index (χ1v) is 7.50. The lowest BCUT2D eigenvalue weighted by atomic mass is 10.0. The second kappa shape index (κ2) is 8.13. The lowest BCUT2D eigenvalue weighted by Crippen LogP contribution is -2.26. The van der Waals surface area contributed by atoms with Gasteiger partial charge in [0.2, 0.25) is 5.91 Å². The van der Waals surface area contributed by atoms with Gasteiger partial charge in [0.05, 0.1) is 13.2 Å². The molecule has 0 aliphatic heterocycles. The van der Waals surface area contributed by atoms with Crippen LogP contribution in [0.5, 0.6) is 5.75 Å². The third-order valence-corrected chi connectivity index (χ3v) is 3.52. The van der Waals surface area contributed by atoms with Gasteiger partial charge in [0.1, 0.15) is 11.6 Å². The maximum absolute atomic E-state index is 13.1. The summed E-state index contributed by atoms with van der Waals surface area (Å²) in [5.41, 5.74) is 1.67. The zero-order valence-corrected chi connectivity index (χ0v) is 13.3. The molecular weight excluding hydrogens is 293 g/mol. The van der Waals surface area contributed by atoms with E-state index in [2.05, 4.69) is 5.32 Å². The molecule has 3 nitrogen and oxygen atoms in total.